The van der Waals surface area contributed by atoms with E-state index in [9.17, 15) is 33.9 Å². The summed E-state index contributed by atoms with van der Waals surface area (Å²) >= 11 is 0. The number of nitrogens with two attached hydrogens (primary N) is 3. The number of aliphatic carboxylic acids is 1. The van der Waals surface area contributed by atoms with Gasteiger partial charge in [0, 0.05) is 6.42 Å². The lowest BCUT2D eigenvalue weighted by Gasteiger charge is -2.28. The van der Waals surface area contributed by atoms with Gasteiger partial charge in [-0.3, -0.25) is 24.0 Å². The molecule has 0 radical (unpaired) electrons. The third-order valence-electron chi connectivity index (χ3n) is 5.64. The molecular formula is C21H38N6O7. The third kappa shape index (κ3) is 10.6. The summed E-state index contributed by atoms with van der Waals surface area (Å²) in [6.45, 7) is 6.88. The Morgan fingerprint density at radius 3 is 1.71 bits per heavy atom. The van der Waals surface area contributed by atoms with Crippen LogP contribution in [0.15, 0.2) is 0 Å². The molecule has 0 saturated heterocycles. The molecule has 0 rings (SSSR count). The van der Waals surface area contributed by atoms with Crippen LogP contribution in [0.2, 0.25) is 0 Å². The van der Waals surface area contributed by atoms with E-state index in [4.69, 9.17) is 17.2 Å². The molecule has 6 atom stereocenters. The van der Waals surface area contributed by atoms with Crippen molar-refractivity contribution in [2.24, 2.45) is 29.0 Å². The first-order chi connectivity index (χ1) is 15.7. The monoisotopic (exact) mass is 486 g/mol. The number of amides is 5. The van der Waals surface area contributed by atoms with Crippen molar-refractivity contribution in [3.05, 3.63) is 0 Å². The second-order valence-electron chi connectivity index (χ2n) is 8.42. The Morgan fingerprint density at radius 2 is 1.26 bits per heavy atom. The van der Waals surface area contributed by atoms with Crippen molar-refractivity contribution in [2.75, 3.05) is 0 Å². The number of rotatable bonds is 16. The fourth-order valence-electron chi connectivity index (χ4n) is 3.03. The second-order valence-corrected chi connectivity index (χ2v) is 8.42. The van der Waals surface area contributed by atoms with Crippen molar-refractivity contribution in [3.63, 3.8) is 0 Å². The van der Waals surface area contributed by atoms with Gasteiger partial charge in [0.2, 0.25) is 29.5 Å². The summed E-state index contributed by atoms with van der Waals surface area (Å²) in [4.78, 5) is 72.1. The predicted molar refractivity (Wildman–Crippen MR) is 123 cm³/mol. The van der Waals surface area contributed by atoms with Crippen LogP contribution in [0.4, 0.5) is 0 Å². The van der Waals surface area contributed by atoms with Crippen LogP contribution in [0.1, 0.15) is 59.8 Å². The molecule has 0 aliphatic rings. The molecule has 0 aromatic rings. The third-order valence-corrected chi connectivity index (χ3v) is 5.64. The van der Waals surface area contributed by atoms with Gasteiger partial charge in [-0.1, -0.05) is 40.5 Å². The molecule has 0 aliphatic carbocycles. The molecule has 6 unspecified atom stereocenters. The van der Waals surface area contributed by atoms with Crippen molar-refractivity contribution >= 4 is 35.5 Å². The van der Waals surface area contributed by atoms with Crippen LogP contribution in [0.3, 0.4) is 0 Å². The molecule has 0 fully saturated rings. The lowest BCUT2D eigenvalue weighted by Crippen LogP contribution is -2.59. The van der Waals surface area contributed by atoms with Crippen LogP contribution in [-0.2, 0) is 28.8 Å². The molecule has 13 heteroatoms. The molecule has 0 aromatic heterocycles. The maximum atomic E-state index is 13.0. The van der Waals surface area contributed by atoms with E-state index in [-0.39, 0.29) is 12.8 Å². The molecule has 0 spiro atoms. The topological polar surface area (TPSA) is 237 Å². The zero-order valence-corrected chi connectivity index (χ0v) is 20.1. The van der Waals surface area contributed by atoms with E-state index < -0.39 is 77.9 Å². The van der Waals surface area contributed by atoms with Gasteiger partial charge in [0.25, 0.3) is 0 Å². The van der Waals surface area contributed by atoms with E-state index in [1.165, 1.54) is 0 Å². The summed E-state index contributed by atoms with van der Waals surface area (Å²) in [6.07, 6.45) is 0.0990. The van der Waals surface area contributed by atoms with Gasteiger partial charge in [-0.25, -0.2) is 4.79 Å². The number of hydrogen-bond donors (Lipinski definition) is 7. The molecule has 194 valence electrons. The van der Waals surface area contributed by atoms with Gasteiger partial charge in [0.15, 0.2) is 0 Å². The lowest BCUT2D eigenvalue weighted by molar-refractivity contribution is -0.144. The van der Waals surface area contributed by atoms with Crippen LogP contribution in [0, 0.1) is 11.8 Å². The zero-order valence-electron chi connectivity index (χ0n) is 20.1. The summed E-state index contributed by atoms with van der Waals surface area (Å²) in [7, 11) is 0. The number of primary amides is 2. The highest BCUT2D eigenvalue weighted by atomic mass is 16.4. The Labute approximate surface area is 198 Å². The number of carbonyl (C=O) groups is 6. The first-order valence-corrected chi connectivity index (χ1v) is 11.2. The molecule has 34 heavy (non-hydrogen) atoms. The summed E-state index contributed by atoms with van der Waals surface area (Å²) in [5.74, 6) is -5.85. The smallest absolute Gasteiger partial charge is 0.326 e. The number of hydrogen-bond acceptors (Lipinski definition) is 7. The Bertz CT molecular complexity index is 760. The molecule has 13 nitrogen and oxygen atoms in total. The van der Waals surface area contributed by atoms with Gasteiger partial charge in [-0.05, 0) is 18.3 Å². The van der Waals surface area contributed by atoms with E-state index in [1.54, 1.807) is 27.7 Å². The molecular weight excluding hydrogens is 448 g/mol. The first-order valence-electron chi connectivity index (χ1n) is 11.2. The first kappa shape index (κ1) is 30.8. The summed E-state index contributed by atoms with van der Waals surface area (Å²) in [5, 5.41) is 16.8. The largest absolute Gasteiger partial charge is 0.480 e. The van der Waals surface area contributed by atoms with Crippen LogP contribution in [0.25, 0.3) is 0 Å². The van der Waals surface area contributed by atoms with Gasteiger partial charge in [-0.15, -0.1) is 0 Å². The lowest BCUT2D eigenvalue weighted by atomic mass is 9.96. The molecule has 10 N–H and O–H groups in total. The van der Waals surface area contributed by atoms with Gasteiger partial charge in [0.05, 0.1) is 12.5 Å². The van der Waals surface area contributed by atoms with Crippen molar-refractivity contribution in [1.29, 1.82) is 0 Å². The molecule has 5 amide bonds. The average Bonchev–Trinajstić information content (AvgIpc) is 2.75. The minimum Gasteiger partial charge on any atom is -0.480 e. The van der Waals surface area contributed by atoms with E-state index in [0.717, 1.165) is 0 Å². The highest BCUT2D eigenvalue weighted by molar-refractivity contribution is 5.95. The number of carbonyl (C=O) groups excluding carboxylic acids is 5. The minimum atomic E-state index is -1.28. The molecule has 0 aliphatic heterocycles. The van der Waals surface area contributed by atoms with E-state index in [2.05, 4.69) is 16.0 Å². The Morgan fingerprint density at radius 1 is 0.765 bits per heavy atom. The average molecular weight is 487 g/mol. The summed E-state index contributed by atoms with van der Waals surface area (Å²) in [6, 6.07) is -4.88. The zero-order chi connectivity index (χ0) is 26.6. The fraction of sp³-hybridized carbons (Fsp3) is 0.714. The SMILES string of the molecule is CCC(C)C(NC(=O)C(CCC(N)=O)NC(=O)C(NC(=O)C(N)CC(N)=O)C(C)CC)C(=O)O. The standard InChI is InChI=1S/C21H38N6O7/c1-5-10(3)16(26-18(30)12(22)9-15(24)29)20(32)25-13(7-8-14(23)28)19(31)27-17(21(33)34)11(4)6-2/h10-13,16-17H,5-9,22H2,1-4H3,(H2,23,28)(H2,24,29)(H,25,32)(H,26,30)(H,27,31)(H,33,34). The van der Waals surface area contributed by atoms with Crippen LogP contribution < -0.4 is 33.2 Å². The Balaban J connectivity index is 5.68. The normalized spacial score (nSPS) is 16.1. The van der Waals surface area contributed by atoms with Crippen molar-refractivity contribution in [3.8, 4) is 0 Å². The highest BCUT2D eigenvalue weighted by Crippen LogP contribution is 2.12. The second kappa shape index (κ2) is 14.8. The van der Waals surface area contributed by atoms with Crippen molar-refractivity contribution in [2.45, 2.75) is 84.0 Å². The maximum absolute atomic E-state index is 13.0. The number of carboxylic acids is 1. The molecule has 0 saturated carbocycles. The summed E-state index contributed by atoms with van der Waals surface area (Å²) in [5.41, 5.74) is 15.9. The van der Waals surface area contributed by atoms with E-state index >= 15 is 0 Å². The van der Waals surface area contributed by atoms with Crippen LogP contribution >= 0.6 is 0 Å². The number of nitrogens with one attached hydrogen (secondary N) is 3. The van der Waals surface area contributed by atoms with Crippen LogP contribution in [0.5, 0.6) is 0 Å². The van der Waals surface area contributed by atoms with Gasteiger partial charge >= 0.3 is 5.97 Å². The molecule has 0 heterocycles. The van der Waals surface area contributed by atoms with Crippen LogP contribution in [-0.4, -0.2) is 64.8 Å². The molecule has 0 aromatic carbocycles. The quantitative estimate of drug-likeness (QED) is 0.129. The van der Waals surface area contributed by atoms with E-state index in [0.29, 0.717) is 12.8 Å². The molecule has 0 bridgehead atoms. The van der Waals surface area contributed by atoms with Gasteiger partial charge in [-0.2, -0.15) is 0 Å². The van der Waals surface area contributed by atoms with Gasteiger partial charge < -0.3 is 38.3 Å². The highest BCUT2D eigenvalue weighted by Gasteiger charge is 2.33. The summed E-state index contributed by atoms with van der Waals surface area (Å²) < 4.78 is 0. The fourth-order valence-corrected chi connectivity index (χ4v) is 3.03. The van der Waals surface area contributed by atoms with Crippen molar-refractivity contribution in [1.82, 2.24) is 16.0 Å². The van der Waals surface area contributed by atoms with Gasteiger partial charge in [0.1, 0.15) is 18.1 Å². The maximum Gasteiger partial charge on any atom is 0.326 e. The van der Waals surface area contributed by atoms with E-state index in [1.807, 2.05) is 0 Å². The Kier molecular flexibility index (Phi) is 13.4. The van der Waals surface area contributed by atoms with Crippen molar-refractivity contribution < 1.29 is 33.9 Å². The number of carboxylic acid groups (broad SMARTS) is 1. The minimum absolute atomic E-state index is 0.178. The Hall–Kier alpha value is -3.22. The predicted octanol–water partition coefficient (Wildman–Crippen LogP) is -1.91.